The van der Waals surface area contributed by atoms with Gasteiger partial charge >= 0.3 is 0 Å². The SMILES string of the molecule is CSc1nc(C)cc(N2CC(Cn3ccnc3C(C)C)C2)n1. The summed E-state index contributed by atoms with van der Waals surface area (Å²) in [6.07, 6.45) is 6.02. The minimum Gasteiger partial charge on any atom is -0.356 e. The molecule has 1 aliphatic rings. The lowest BCUT2D eigenvalue weighted by Gasteiger charge is -2.40. The highest BCUT2D eigenvalue weighted by atomic mass is 32.2. The molecule has 1 aliphatic heterocycles. The molecule has 0 radical (unpaired) electrons. The van der Waals surface area contributed by atoms with Crippen molar-refractivity contribution in [3.63, 3.8) is 0 Å². The molecule has 0 unspecified atom stereocenters. The molecular formula is C16H23N5S. The van der Waals surface area contributed by atoms with E-state index >= 15 is 0 Å². The van der Waals surface area contributed by atoms with Gasteiger partial charge in [-0.1, -0.05) is 25.6 Å². The molecule has 3 heterocycles. The van der Waals surface area contributed by atoms with Crippen molar-refractivity contribution in [2.45, 2.75) is 38.4 Å². The van der Waals surface area contributed by atoms with E-state index in [0.29, 0.717) is 11.8 Å². The fourth-order valence-corrected chi connectivity index (χ4v) is 3.32. The molecule has 2 aromatic heterocycles. The van der Waals surface area contributed by atoms with E-state index in [2.05, 4.69) is 50.5 Å². The van der Waals surface area contributed by atoms with Gasteiger partial charge in [-0.2, -0.15) is 0 Å². The summed E-state index contributed by atoms with van der Waals surface area (Å²) in [5, 5.41) is 0.857. The molecule has 2 aromatic rings. The zero-order chi connectivity index (χ0) is 15.7. The highest BCUT2D eigenvalue weighted by molar-refractivity contribution is 7.98. The van der Waals surface area contributed by atoms with E-state index in [1.165, 1.54) is 5.82 Å². The van der Waals surface area contributed by atoms with Crippen LogP contribution in [0.25, 0.3) is 0 Å². The maximum absolute atomic E-state index is 4.61. The van der Waals surface area contributed by atoms with Gasteiger partial charge < -0.3 is 9.47 Å². The third kappa shape index (κ3) is 3.11. The standard InChI is InChI=1S/C16H23N5S/c1-11(2)15-17-5-6-20(15)8-13-9-21(10-13)14-7-12(3)18-16(19-14)22-4/h5-7,11,13H,8-10H2,1-4H3. The minimum atomic E-state index is 0.472. The molecule has 5 nitrogen and oxygen atoms in total. The summed E-state index contributed by atoms with van der Waals surface area (Å²) in [5.41, 5.74) is 1.04. The summed E-state index contributed by atoms with van der Waals surface area (Å²) in [6.45, 7) is 9.57. The van der Waals surface area contributed by atoms with Crippen LogP contribution in [-0.4, -0.2) is 38.9 Å². The van der Waals surface area contributed by atoms with E-state index in [1.807, 2.05) is 19.4 Å². The zero-order valence-electron chi connectivity index (χ0n) is 13.7. The van der Waals surface area contributed by atoms with Crippen molar-refractivity contribution in [3.8, 4) is 0 Å². The number of thioether (sulfide) groups is 1. The molecule has 118 valence electrons. The number of rotatable bonds is 5. The zero-order valence-corrected chi connectivity index (χ0v) is 14.5. The Morgan fingerprint density at radius 3 is 2.77 bits per heavy atom. The molecule has 0 bridgehead atoms. The second-order valence-electron chi connectivity index (χ2n) is 6.22. The van der Waals surface area contributed by atoms with E-state index in [9.17, 15) is 0 Å². The van der Waals surface area contributed by atoms with Crippen LogP contribution in [0.3, 0.4) is 0 Å². The van der Waals surface area contributed by atoms with Crippen molar-refractivity contribution in [3.05, 3.63) is 30.0 Å². The maximum Gasteiger partial charge on any atom is 0.189 e. The van der Waals surface area contributed by atoms with Crippen LogP contribution in [0.4, 0.5) is 5.82 Å². The topological polar surface area (TPSA) is 46.8 Å². The van der Waals surface area contributed by atoms with Crippen molar-refractivity contribution < 1.29 is 0 Å². The molecule has 22 heavy (non-hydrogen) atoms. The Morgan fingerprint density at radius 2 is 2.09 bits per heavy atom. The average molecular weight is 317 g/mol. The Morgan fingerprint density at radius 1 is 1.32 bits per heavy atom. The van der Waals surface area contributed by atoms with Crippen molar-refractivity contribution in [2.75, 3.05) is 24.2 Å². The fraction of sp³-hybridized carbons (Fsp3) is 0.562. The fourth-order valence-electron chi connectivity index (χ4n) is 2.90. The summed E-state index contributed by atoms with van der Waals surface area (Å²) in [7, 11) is 0. The van der Waals surface area contributed by atoms with E-state index in [1.54, 1.807) is 11.8 Å². The Labute approximate surface area is 136 Å². The Kier molecular flexibility index (Phi) is 4.38. The molecule has 0 spiro atoms. The number of hydrogen-bond donors (Lipinski definition) is 0. The average Bonchev–Trinajstić information content (AvgIpc) is 2.89. The number of aromatic nitrogens is 4. The summed E-state index contributed by atoms with van der Waals surface area (Å²) in [4.78, 5) is 15.8. The van der Waals surface area contributed by atoms with Crippen molar-refractivity contribution in [2.24, 2.45) is 5.92 Å². The van der Waals surface area contributed by atoms with Crippen molar-refractivity contribution in [1.82, 2.24) is 19.5 Å². The molecule has 1 saturated heterocycles. The smallest absolute Gasteiger partial charge is 0.189 e. The molecular weight excluding hydrogens is 294 g/mol. The van der Waals surface area contributed by atoms with Crippen LogP contribution in [-0.2, 0) is 6.54 Å². The van der Waals surface area contributed by atoms with Gasteiger partial charge in [-0.05, 0) is 13.2 Å². The lowest BCUT2D eigenvalue weighted by molar-refractivity contribution is 0.348. The van der Waals surface area contributed by atoms with Gasteiger partial charge in [0.05, 0.1) is 0 Å². The normalized spacial score (nSPS) is 15.4. The second kappa shape index (κ2) is 6.28. The Balaban J connectivity index is 1.62. The molecule has 0 aliphatic carbocycles. The predicted octanol–water partition coefficient (Wildman–Crippen LogP) is 2.96. The first-order valence-corrected chi connectivity index (χ1v) is 8.95. The maximum atomic E-state index is 4.61. The molecule has 1 fully saturated rings. The summed E-state index contributed by atoms with van der Waals surface area (Å²) in [6, 6.07) is 2.08. The first-order valence-electron chi connectivity index (χ1n) is 7.72. The molecule has 6 heteroatoms. The largest absolute Gasteiger partial charge is 0.356 e. The first-order chi connectivity index (χ1) is 10.6. The number of nitrogens with zero attached hydrogens (tertiary/aromatic N) is 5. The lowest BCUT2D eigenvalue weighted by Crippen LogP contribution is -2.49. The van der Waals surface area contributed by atoms with Crippen LogP contribution < -0.4 is 4.90 Å². The Bertz CT molecular complexity index is 646. The van der Waals surface area contributed by atoms with Gasteiger partial charge in [-0.15, -0.1) is 0 Å². The van der Waals surface area contributed by atoms with Gasteiger partial charge in [-0.3, -0.25) is 0 Å². The van der Waals surface area contributed by atoms with Crippen LogP contribution >= 0.6 is 11.8 Å². The van der Waals surface area contributed by atoms with Crippen LogP contribution in [0.5, 0.6) is 0 Å². The van der Waals surface area contributed by atoms with Crippen LogP contribution in [0.1, 0.15) is 31.3 Å². The number of hydrogen-bond acceptors (Lipinski definition) is 5. The van der Waals surface area contributed by atoms with Gasteiger partial charge in [0.25, 0.3) is 0 Å². The van der Waals surface area contributed by atoms with Gasteiger partial charge in [0.1, 0.15) is 11.6 Å². The summed E-state index contributed by atoms with van der Waals surface area (Å²) < 4.78 is 2.30. The highest BCUT2D eigenvalue weighted by Crippen LogP contribution is 2.26. The van der Waals surface area contributed by atoms with Crippen LogP contribution in [0, 0.1) is 12.8 Å². The second-order valence-corrected chi connectivity index (χ2v) is 6.99. The van der Waals surface area contributed by atoms with Gasteiger partial charge in [0.2, 0.25) is 0 Å². The Hall–Kier alpha value is -1.56. The van der Waals surface area contributed by atoms with E-state index in [0.717, 1.165) is 36.3 Å². The quantitative estimate of drug-likeness (QED) is 0.627. The molecule has 0 amide bonds. The van der Waals surface area contributed by atoms with Gasteiger partial charge in [0.15, 0.2) is 5.16 Å². The summed E-state index contributed by atoms with van der Waals surface area (Å²) in [5.74, 6) is 3.38. The molecule has 0 saturated carbocycles. The lowest BCUT2D eigenvalue weighted by atomic mass is 10.00. The van der Waals surface area contributed by atoms with E-state index in [4.69, 9.17) is 0 Å². The van der Waals surface area contributed by atoms with Crippen molar-refractivity contribution in [1.29, 1.82) is 0 Å². The minimum absolute atomic E-state index is 0.472. The van der Waals surface area contributed by atoms with Crippen LogP contribution in [0.15, 0.2) is 23.6 Å². The van der Waals surface area contributed by atoms with Crippen molar-refractivity contribution >= 4 is 17.6 Å². The van der Waals surface area contributed by atoms with Crippen LogP contribution in [0.2, 0.25) is 0 Å². The number of aryl methyl sites for hydroxylation is 1. The number of imidazole rings is 1. The summed E-state index contributed by atoms with van der Waals surface area (Å²) >= 11 is 1.60. The molecule has 3 rings (SSSR count). The third-order valence-electron chi connectivity index (χ3n) is 4.00. The number of anilines is 1. The monoisotopic (exact) mass is 317 g/mol. The van der Waals surface area contributed by atoms with Gasteiger partial charge in [-0.25, -0.2) is 15.0 Å². The van der Waals surface area contributed by atoms with E-state index in [-0.39, 0.29) is 0 Å². The molecule has 0 atom stereocenters. The highest BCUT2D eigenvalue weighted by Gasteiger charge is 2.29. The molecule has 0 aromatic carbocycles. The van der Waals surface area contributed by atoms with E-state index < -0.39 is 0 Å². The van der Waals surface area contributed by atoms with Gasteiger partial charge in [0, 0.05) is 55.6 Å². The third-order valence-corrected chi connectivity index (χ3v) is 4.55. The first kappa shape index (κ1) is 15.3. The predicted molar refractivity (Wildman–Crippen MR) is 90.6 cm³/mol. The molecule has 0 N–H and O–H groups in total.